The van der Waals surface area contributed by atoms with Crippen LogP contribution in [0.1, 0.15) is 6.42 Å². The fourth-order valence-corrected chi connectivity index (χ4v) is 1.92. The molecule has 0 fully saturated rings. The molecule has 8 heteroatoms. The van der Waals surface area contributed by atoms with Gasteiger partial charge in [-0.15, -0.1) is 0 Å². The van der Waals surface area contributed by atoms with E-state index < -0.39 is 0 Å². The molecule has 22 heavy (non-hydrogen) atoms. The minimum absolute atomic E-state index is 0.0116. The molecule has 0 aliphatic rings. The molecule has 0 bridgehead atoms. The maximum absolute atomic E-state index is 11.6. The van der Waals surface area contributed by atoms with E-state index in [0.717, 1.165) is 31.8 Å². The molecule has 0 saturated carbocycles. The van der Waals surface area contributed by atoms with E-state index in [4.69, 9.17) is 0 Å². The van der Waals surface area contributed by atoms with Crippen molar-refractivity contribution in [2.75, 3.05) is 45.7 Å². The van der Waals surface area contributed by atoms with Crippen molar-refractivity contribution >= 4 is 23.6 Å². The number of aryl methyl sites for hydroxylation is 1. The van der Waals surface area contributed by atoms with Gasteiger partial charge in [-0.3, -0.25) is 9.48 Å². The Bertz CT molecular complexity index is 446. The molecule has 0 aromatic carbocycles. The van der Waals surface area contributed by atoms with Gasteiger partial charge in [0.1, 0.15) is 6.54 Å². The number of carbonyl (C=O) groups excluding carboxylic acids is 1. The van der Waals surface area contributed by atoms with Crippen molar-refractivity contribution in [1.82, 2.24) is 25.3 Å². The van der Waals surface area contributed by atoms with E-state index in [1.165, 1.54) is 0 Å². The number of nitrogens with zero attached hydrogens (tertiary/aromatic N) is 4. The minimum Gasteiger partial charge on any atom is -0.356 e. The van der Waals surface area contributed by atoms with E-state index in [-0.39, 0.29) is 12.5 Å². The monoisotopic (exact) mass is 326 g/mol. The number of amides is 1. The van der Waals surface area contributed by atoms with Crippen molar-refractivity contribution in [3.63, 3.8) is 0 Å². The maximum atomic E-state index is 11.6. The zero-order chi connectivity index (χ0) is 16.2. The highest BCUT2D eigenvalue weighted by atomic mass is 32.2. The normalized spacial score (nSPS) is 11.3. The van der Waals surface area contributed by atoms with Crippen LogP contribution in [0.15, 0.2) is 23.5 Å². The highest BCUT2D eigenvalue weighted by Gasteiger charge is 2.04. The largest absolute Gasteiger partial charge is 0.356 e. The van der Waals surface area contributed by atoms with Crippen LogP contribution < -0.4 is 10.6 Å². The molecule has 1 amide bonds. The first-order chi connectivity index (χ1) is 10.6. The summed E-state index contributed by atoms with van der Waals surface area (Å²) < 4.78 is 1.90. The number of aromatic nitrogens is 2. The molecule has 1 rings (SSSR count). The summed E-state index contributed by atoms with van der Waals surface area (Å²) in [5.41, 5.74) is 0. The van der Waals surface area contributed by atoms with E-state index in [1.54, 1.807) is 37.0 Å². The van der Waals surface area contributed by atoms with E-state index in [2.05, 4.69) is 27.0 Å². The van der Waals surface area contributed by atoms with E-state index in [9.17, 15) is 4.79 Å². The fourth-order valence-electron chi connectivity index (χ4n) is 1.61. The maximum Gasteiger partial charge on any atom is 0.243 e. The molecule has 0 saturated heterocycles. The number of likely N-dealkylation sites (N-methyl/N-ethyl adjacent to an activating group) is 1. The van der Waals surface area contributed by atoms with Crippen LogP contribution in [0.5, 0.6) is 0 Å². The van der Waals surface area contributed by atoms with Gasteiger partial charge in [-0.2, -0.15) is 16.9 Å². The fraction of sp³-hybridized carbons (Fsp3) is 0.643. The summed E-state index contributed by atoms with van der Waals surface area (Å²) in [5.74, 6) is 1.67. The third kappa shape index (κ3) is 7.92. The van der Waals surface area contributed by atoms with Crippen LogP contribution in [0.3, 0.4) is 0 Å². The van der Waals surface area contributed by atoms with Gasteiger partial charge in [-0.05, 0) is 18.7 Å². The Morgan fingerprint density at radius 2 is 2.14 bits per heavy atom. The number of hydrogen-bond acceptors (Lipinski definition) is 4. The van der Waals surface area contributed by atoms with Crippen molar-refractivity contribution in [1.29, 1.82) is 0 Å². The Morgan fingerprint density at radius 1 is 1.36 bits per heavy atom. The first-order valence-electron chi connectivity index (χ1n) is 7.32. The van der Waals surface area contributed by atoms with Gasteiger partial charge in [0.05, 0.1) is 0 Å². The zero-order valence-electron chi connectivity index (χ0n) is 13.6. The summed E-state index contributed by atoms with van der Waals surface area (Å²) in [6.07, 6.45) is 6.72. The molecule has 0 aliphatic heterocycles. The van der Waals surface area contributed by atoms with Crippen molar-refractivity contribution < 1.29 is 4.79 Å². The third-order valence-corrected chi connectivity index (χ3v) is 3.50. The van der Waals surface area contributed by atoms with Gasteiger partial charge in [0.25, 0.3) is 0 Å². The van der Waals surface area contributed by atoms with Crippen LogP contribution in [0.4, 0.5) is 0 Å². The van der Waals surface area contributed by atoms with Gasteiger partial charge < -0.3 is 15.5 Å². The van der Waals surface area contributed by atoms with Crippen LogP contribution in [0, 0.1) is 0 Å². The van der Waals surface area contributed by atoms with E-state index >= 15 is 0 Å². The van der Waals surface area contributed by atoms with Crippen molar-refractivity contribution in [3.05, 3.63) is 18.5 Å². The summed E-state index contributed by atoms with van der Waals surface area (Å²) >= 11 is 1.77. The number of thioether (sulfide) groups is 1. The molecule has 2 N–H and O–H groups in total. The van der Waals surface area contributed by atoms with Gasteiger partial charge >= 0.3 is 0 Å². The lowest BCUT2D eigenvalue weighted by molar-refractivity contribution is -0.127. The molecule has 1 heterocycles. The smallest absolute Gasteiger partial charge is 0.243 e. The Labute approximate surface area is 136 Å². The van der Waals surface area contributed by atoms with Gasteiger partial charge in [-0.1, -0.05) is 0 Å². The van der Waals surface area contributed by atoms with E-state index in [1.807, 2.05) is 16.9 Å². The molecule has 124 valence electrons. The quantitative estimate of drug-likeness (QED) is 0.387. The molecule has 0 spiro atoms. The molecule has 7 nitrogen and oxygen atoms in total. The zero-order valence-corrected chi connectivity index (χ0v) is 14.4. The average molecular weight is 326 g/mol. The molecule has 1 aromatic heterocycles. The summed E-state index contributed by atoms with van der Waals surface area (Å²) in [6, 6.07) is 1.91. The number of rotatable bonds is 9. The van der Waals surface area contributed by atoms with Gasteiger partial charge in [0, 0.05) is 51.9 Å². The highest BCUT2D eigenvalue weighted by Crippen LogP contribution is 1.90. The van der Waals surface area contributed by atoms with E-state index in [0.29, 0.717) is 5.96 Å². The minimum atomic E-state index is -0.0116. The first kappa shape index (κ1) is 18.3. The number of hydrogen-bond donors (Lipinski definition) is 2. The molecule has 0 aliphatic carbocycles. The lowest BCUT2D eigenvalue weighted by Gasteiger charge is -2.13. The summed E-state index contributed by atoms with van der Waals surface area (Å²) in [7, 11) is 3.46. The lowest BCUT2D eigenvalue weighted by Crippen LogP contribution is -2.40. The average Bonchev–Trinajstić information content (AvgIpc) is 3.01. The summed E-state index contributed by atoms with van der Waals surface area (Å²) in [5, 5.41) is 10.6. The highest BCUT2D eigenvalue weighted by molar-refractivity contribution is 7.98. The first-order valence-corrected chi connectivity index (χ1v) is 8.71. The molecule has 0 atom stereocenters. The SMILES string of the molecule is CSCCNC(=NCC(=O)N(C)C)NCCCn1cccn1. The Kier molecular flexibility index (Phi) is 9.13. The molecule has 1 aromatic rings. The van der Waals surface area contributed by atoms with Crippen molar-refractivity contribution in [2.24, 2.45) is 4.99 Å². The van der Waals surface area contributed by atoms with Crippen molar-refractivity contribution in [3.8, 4) is 0 Å². The lowest BCUT2D eigenvalue weighted by atomic mass is 10.4. The number of carbonyl (C=O) groups is 1. The summed E-state index contributed by atoms with van der Waals surface area (Å²) in [4.78, 5) is 17.5. The van der Waals surface area contributed by atoms with Crippen LogP contribution in [0.2, 0.25) is 0 Å². The standard InChI is InChI=1S/C14H26N6OS/c1-19(2)13(21)12-17-14(16-8-11-22-3)15-6-4-9-20-10-5-7-18-20/h5,7,10H,4,6,8-9,11-12H2,1-3H3,(H2,15,16,17). The van der Waals surface area contributed by atoms with Crippen LogP contribution in [0.25, 0.3) is 0 Å². The van der Waals surface area contributed by atoms with Gasteiger partial charge in [-0.25, -0.2) is 4.99 Å². The number of aliphatic imine (C=N–C) groups is 1. The molecule has 0 radical (unpaired) electrons. The third-order valence-electron chi connectivity index (χ3n) is 2.89. The van der Waals surface area contributed by atoms with Crippen LogP contribution in [-0.2, 0) is 11.3 Å². The Balaban J connectivity index is 2.35. The Hall–Kier alpha value is -1.70. The van der Waals surface area contributed by atoms with Crippen LogP contribution in [-0.4, -0.2) is 72.3 Å². The molecule has 0 unspecified atom stereocenters. The van der Waals surface area contributed by atoms with Crippen LogP contribution >= 0.6 is 11.8 Å². The summed E-state index contributed by atoms with van der Waals surface area (Å²) in [6.45, 7) is 2.61. The second-order valence-corrected chi connectivity index (χ2v) is 5.91. The topological polar surface area (TPSA) is 74.6 Å². The predicted molar refractivity (Wildman–Crippen MR) is 92.2 cm³/mol. The van der Waals surface area contributed by atoms with Crippen molar-refractivity contribution in [2.45, 2.75) is 13.0 Å². The second-order valence-electron chi connectivity index (χ2n) is 4.92. The molecular formula is C14H26N6OS. The molecular weight excluding hydrogens is 300 g/mol. The second kappa shape index (κ2) is 10.9. The Morgan fingerprint density at radius 3 is 2.77 bits per heavy atom. The van der Waals surface area contributed by atoms with Gasteiger partial charge in [0.15, 0.2) is 5.96 Å². The number of nitrogens with one attached hydrogen (secondary N) is 2. The predicted octanol–water partition coefficient (Wildman–Crippen LogP) is 0.260. The van der Waals surface area contributed by atoms with Gasteiger partial charge in [0.2, 0.25) is 5.91 Å². The number of guanidine groups is 1.